The Morgan fingerprint density at radius 3 is 2.58 bits per heavy atom. The Morgan fingerprint density at radius 2 is 1.84 bits per heavy atom. The summed E-state index contributed by atoms with van der Waals surface area (Å²) in [5.41, 5.74) is 0. The van der Waals surface area contributed by atoms with Crippen LogP contribution in [0, 0.1) is 0 Å². The Kier molecular flexibility index (Phi) is 8.17. The molecule has 4 heterocycles. The van der Waals surface area contributed by atoms with Crippen molar-refractivity contribution in [3.8, 4) is 5.88 Å². The minimum Gasteiger partial charge on any atom is -0.476 e. The van der Waals surface area contributed by atoms with E-state index in [9.17, 15) is 0 Å². The second kappa shape index (κ2) is 11.5. The van der Waals surface area contributed by atoms with E-state index in [1.165, 1.54) is 4.88 Å². The van der Waals surface area contributed by atoms with Gasteiger partial charge in [0.2, 0.25) is 5.88 Å². The number of hydrogen-bond donors (Lipinski definition) is 0. The lowest BCUT2D eigenvalue weighted by Crippen LogP contribution is -2.38. The average molecular weight is 447 g/mol. The van der Waals surface area contributed by atoms with E-state index < -0.39 is 0 Å². The fraction of sp³-hybridized carbons (Fsp3) is 0.619. The van der Waals surface area contributed by atoms with Crippen LogP contribution in [0.25, 0.3) is 0 Å². The number of thiophene rings is 1. The van der Waals surface area contributed by atoms with Crippen molar-refractivity contribution >= 4 is 22.2 Å². The predicted molar refractivity (Wildman–Crippen MR) is 120 cm³/mol. The van der Waals surface area contributed by atoms with Crippen LogP contribution in [0.5, 0.6) is 5.88 Å². The van der Waals surface area contributed by atoms with Gasteiger partial charge in [-0.1, -0.05) is 6.92 Å². The molecule has 0 amide bonds. The van der Waals surface area contributed by atoms with E-state index in [0.717, 1.165) is 63.2 Å². The second-order valence-corrected chi connectivity index (χ2v) is 8.52. The molecule has 10 heteroatoms. The summed E-state index contributed by atoms with van der Waals surface area (Å²) in [6.07, 6.45) is 1.01. The van der Waals surface area contributed by atoms with Gasteiger partial charge in [-0.25, -0.2) is 4.98 Å². The number of nitrogens with zero attached hydrogens (tertiary/aromatic N) is 6. The third kappa shape index (κ3) is 6.67. The van der Waals surface area contributed by atoms with Crippen LogP contribution in [0.4, 0.5) is 10.8 Å². The van der Waals surface area contributed by atoms with E-state index in [1.54, 1.807) is 11.3 Å². The molecule has 2 aromatic heterocycles. The molecular weight excluding hydrogens is 416 g/mol. The summed E-state index contributed by atoms with van der Waals surface area (Å²) in [4.78, 5) is 15.1. The molecule has 4 rings (SSSR count). The summed E-state index contributed by atoms with van der Waals surface area (Å²) in [5.74, 6) is 2.05. The first-order valence-electron chi connectivity index (χ1n) is 10.9. The largest absolute Gasteiger partial charge is 0.476 e. The summed E-state index contributed by atoms with van der Waals surface area (Å²) >= 11 is 1.66. The van der Waals surface area contributed by atoms with Crippen molar-refractivity contribution in [1.29, 1.82) is 0 Å². The lowest BCUT2D eigenvalue weighted by molar-refractivity contribution is 0.0320. The molecule has 0 N–H and O–H groups in total. The van der Waals surface area contributed by atoms with E-state index in [-0.39, 0.29) is 0 Å². The minimum atomic E-state index is 0.317. The molecule has 31 heavy (non-hydrogen) atoms. The highest BCUT2D eigenvalue weighted by molar-refractivity contribution is 7.15. The van der Waals surface area contributed by atoms with Crippen LogP contribution in [-0.4, -0.2) is 80.6 Å². The Balaban J connectivity index is 1.41. The van der Waals surface area contributed by atoms with Crippen molar-refractivity contribution in [2.45, 2.75) is 19.9 Å². The molecule has 0 aliphatic carbocycles. The maximum atomic E-state index is 6.00. The summed E-state index contributed by atoms with van der Waals surface area (Å²) in [6.45, 7) is 10.4. The van der Waals surface area contributed by atoms with Gasteiger partial charge in [-0.05, 0) is 18.6 Å². The first-order valence-corrected chi connectivity index (χ1v) is 11.7. The van der Waals surface area contributed by atoms with Crippen LogP contribution < -0.4 is 9.64 Å². The molecule has 9 nitrogen and oxygen atoms in total. The van der Waals surface area contributed by atoms with E-state index >= 15 is 0 Å². The van der Waals surface area contributed by atoms with Gasteiger partial charge in [0.05, 0.1) is 26.4 Å². The van der Waals surface area contributed by atoms with Gasteiger partial charge in [-0.2, -0.15) is 10.1 Å². The van der Waals surface area contributed by atoms with Gasteiger partial charge in [-0.3, -0.25) is 4.90 Å². The molecule has 0 spiro atoms. The zero-order valence-electron chi connectivity index (χ0n) is 18.0. The molecule has 0 bridgehead atoms. The maximum absolute atomic E-state index is 6.00. The number of rotatable bonds is 9. The van der Waals surface area contributed by atoms with Crippen molar-refractivity contribution in [3.63, 3.8) is 0 Å². The van der Waals surface area contributed by atoms with Crippen molar-refractivity contribution in [3.05, 3.63) is 28.9 Å². The van der Waals surface area contributed by atoms with Gasteiger partial charge in [0.1, 0.15) is 24.0 Å². The molecule has 0 radical (unpaired) electrons. The van der Waals surface area contributed by atoms with Gasteiger partial charge in [-0.15, -0.1) is 16.5 Å². The third-order valence-corrected chi connectivity index (χ3v) is 6.32. The first kappa shape index (κ1) is 22.1. The molecule has 0 saturated carbocycles. The number of hydrogen-bond acceptors (Lipinski definition) is 10. The monoisotopic (exact) mass is 446 g/mol. The van der Waals surface area contributed by atoms with Gasteiger partial charge < -0.3 is 19.1 Å². The van der Waals surface area contributed by atoms with E-state index in [4.69, 9.17) is 19.2 Å². The molecule has 2 aliphatic rings. The molecule has 2 aromatic rings. The highest BCUT2D eigenvalue weighted by Crippen LogP contribution is 2.26. The molecule has 2 saturated heterocycles. The fourth-order valence-electron chi connectivity index (χ4n) is 3.44. The number of azo groups is 1. The third-order valence-electron chi connectivity index (χ3n) is 5.21. The zero-order valence-corrected chi connectivity index (χ0v) is 18.9. The van der Waals surface area contributed by atoms with Gasteiger partial charge in [0.15, 0.2) is 5.82 Å². The lowest BCUT2D eigenvalue weighted by Gasteiger charge is -2.28. The second-order valence-electron chi connectivity index (χ2n) is 7.38. The van der Waals surface area contributed by atoms with Crippen LogP contribution >= 0.6 is 11.3 Å². The van der Waals surface area contributed by atoms with E-state index in [0.29, 0.717) is 38.1 Å². The number of aromatic nitrogens is 2. The molecule has 2 aliphatic heterocycles. The number of anilines is 1. The molecule has 168 valence electrons. The number of ether oxygens (including phenoxy) is 3. The maximum Gasteiger partial charge on any atom is 0.218 e. The Labute approximate surface area is 187 Å². The molecule has 2 fully saturated rings. The summed E-state index contributed by atoms with van der Waals surface area (Å²) in [5, 5.41) is 9.57. The van der Waals surface area contributed by atoms with Crippen molar-refractivity contribution in [2.75, 3.05) is 70.7 Å². The summed E-state index contributed by atoms with van der Waals surface area (Å²) < 4.78 is 16.9. The van der Waals surface area contributed by atoms with Crippen LogP contribution in [-0.2, 0) is 22.4 Å². The topological polar surface area (TPSA) is 84.7 Å². The van der Waals surface area contributed by atoms with Crippen LogP contribution in [0.15, 0.2) is 28.4 Å². The SMILES string of the molecule is CCc1ccc(N=NCc2nc(OCCN3CCOCC3)cc(N3CCOCC3)n2)s1. The number of aryl methyl sites for hydroxylation is 1. The normalized spacial score (nSPS) is 18.0. The summed E-state index contributed by atoms with van der Waals surface area (Å²) in [7, 11) is 0. The van der Waals surface area contributed by atoms with Crippen LogP contribution in [0.2, 0.25) is 0 Å². The highest BCUT2D eigenvalue weighted by atomic mass is 32.1. The fourth-order valence-corrected chi connectivity index (χ4v) is 4.22. The van der Waals surface area contributed by atoms with Crippen molar-refractivity contribution < 1.29 is 14.2 Å². The standard InChI is InChI=1S/C21H30N6O3S/c1-2-17-3-4-21(31-17)25-22-16-18-23-19(27-8-12-29-13-9-27)15-20(24-18)30-14-7-26-5-10-28-11-6-26/h3-4,15H,2,5-14,16H2,1H3. The number of morpholine rings is 2. The summed E-state index contributed by atoms with van der Waals surface area (Å²) in [6, 6.07) is 6.01. The Hall–Kier alpha value is -2.14. The van der Waals surface area contributed by atoms with Gasteiger partial charge in [0, 0.05) is 43.7 Å². The highest BCUT2D eigenvalue weighted by Gasteiger charge is 2.16. The minimum absolute atomic E-state index is 0.317. The smallest absolute Gasteiger partial charge is 0.218 e. The van der Waals surface area contributed by atoms with Crippen LogP contribution in [0.1, 0.15) is 17.6 Å². The quantitative estimate of drug-likeness (QED) is 0.548. The average Bonchev–Trinajstić information content (AvgIpc) is 3.28. The van der Waals surface area contributed by atoms with Gasteiger partial charge in [0.25, 0.3) is 0 Å². The van der Waals surface area contributed by atoms with Crippen LogP contribution in [0.3, 0.4) is 0 Å². The molecule has 0 unspecified atom stereocenters. The molecule has 0 aromatic carbocycles. The Morgan fingerprint density at radius 1 is 1.06 bits per heavy atom. The molecular formula is C21H30N6O3S. The van der Waals surface area contributed by atoms with E-state index in [2.05, 4.69) is 38.0 Å². The Bertz CT molecular complexity index is 849. The van der Waals surface area contributed by atoms with Crippen molar-refractivity contribution in [2.24, 2.45) is 10.2 Å². The first-order chi connectivity index (χ1) is 15.3. The predicted octanol–water partition coefficient (Wildman–Crippen LogP) is 2.93. The van der Waals surface area contributed by atoms with E-state index in [1.807, 2.05) is 12.1 Å². The van der Waals surface area contributed by atoms with Gasteiger partial charge >= 0.3 is 0 Å². The van der Waals surface area contributed by atoms with Crippen molar-refractivity contribution in [1.82, 2.24) is 14.9 Å². The molecule has 0 atom stereocenters. The zero-order chi connectivity index (χ0) is 21.3. The lowest BCUT2D eigenvalue weighted by atomic mass is 10.4.